The molecule has 0 spiro atoms. The van der Waals surface area contributed by atoms with Gasteiger partial charge in [0.25, 0.3) is 0 Å². The number of methoxy groups -OCH3 is 1. The van der Waals surface area contributed by atoms with Gasteiger partial charge in [-0.05, 0) is 18.6 Å². The predicted octanol–water partition coefficient (Wildman–Crippen LogP) is 1.71. The summed E-state index contributed by atoms with van der Waals surface area (Å²) >= 11 is 0. The molecule has 0 bridgehead atoms. The van der Waals surface area contributed by atoms with E-state index >= 15 is 0 Å². The Morgan fingerprint density at radius 2 is 2.08 bits per heavy atom. The fraction of sp³-hybridized carbons (Fsp3) is 0.250. The molecule has 1 aromatic carbocycles. The highest BCUT2D eigenvalue weighted by molar-refractivity contribution is 5.85. The van der Waals surface area contributed by atoms with Crippen LogP contribution in [0.3, 0.4) is 0 Å². The Kier molecular flexibility index (Phi) is 4.47. The lowest BCUT2D eigenvalue weighted by Gasteiger charge is -2.06. The number of nitrogens with one attached hydrogen (secondary N) is 1. The summed E-state index contributed by atoms with van der Waals surface area (Å²) in [5, 5.41) is 0. The van der Waals surface area contributed by atoms with Crippen LogP contribution in [-0.2, 0) is 0 Å². The van der Waals surface area contributed by atoms with Crippen LogP contribution >= 0.6 is 12.4 Å². The van der Waals surface area contributed by atoms with Gasteiger partial charge in [0.1, 0.15) is 5.75 Å². The smallest absolute Gasteiger partial charge is 0.123 e. The van der Waals surface area contributed by atoms with E-state index in [9.17, 15) is 0 Å². The van der Waals surface area contributed by atoms with Crippen LogP contribution in [0.15, 0.2) is 18.2 Å². The molecule has 1 aromatic rings. The molecule has 0 aliphatic carbocycles. The Labute approximate surface area is 78.3 Å². The van der Waals surface area contributed by atoms with Crippen LogP contribution < -0.4 is 16.0 Å². The molecule has 0 radical (unpaired) electrons. The van der Waals surface area contributed by atoms with Gasteiger partial charge in [0.2, 0.25) is 0 Å². The van der Waals surface area contributed by atoms with Gasteiger partial charge < -0.3 is 10.2 Å². The first-order valence-corrected chi connectivity index (χ1v) is 3.39. The van der Waals surface area contributed by atoms with Gasteiger partial charge in [-0.1, -0.05) is 6.07 Å². The maximum absolute atomic E-state index is 5.22. The van der Waals surface area contributed by atoms with E-state index in [4.69, 9.17) is 10.6 Å². The zero-order chi connectivity index (χ0) is 8.27. The second-order valence-corrected chi connectivity index (χ2v) is 2.33. The van der Waals surface area contributed by atoms with Gasteiger partial charge in [-0.3, -0.25) is 5.84 Å². The van der Waals surface area contributed by atoms with E-state index in [1.807, 2.05) is 25.1 Å². The minimum absolute atomic E-state index is 0. The van der Waals surface area contributed by atoms with Gasteiger partial charge in [-0.25, -0.2) is 0 Å². The van der Waals surface area contributed by atoms with E-state index in [0.29, 0.717) is 0 Å². The normalized spacial score (nSPS) is 8.58. The number of hydrogen-bond donors (Lipinski definition) is 2. The number of hydrogen-bond acceptors (Lipinski definition) is 3. The Bertz CT molecular complexity index is 253. The Morgan fingerprint density at radius 1 is 1.42 bits per heavy atom. The summed E-state index contributed by atoms with van der Waals surface area (Å²) in [6, 6.07) is 5.71. The molecule has 0 fully saturated rings. The summed E-state index contributed by atoms with van der Waals surface area (Å²) < 4.78 is 5.09. The van der Waals surface area contributed by atoms with Crippen LogP contribution in [0.4, 0.5) is 5.69 Å². The largest absolute Gasteiger partial charge is 0.496 e. The van der Waals surface area contributed by atoms with Crippen molar-refractivity contribution in [3.63, 3.8) is 0 Å². The Morgan fingerprint density at radius 3 is 2.58 bits per heavy atom. The van der Waals surface area contributed by atoms with Crippen molar-refractivity contribution in [3.8, 4) is 5.75 Å². The van der Waals surface area contributed by atoms with Crippen molar-refractivity contribution < 1.29 is 4.74 Å². The first-order valence-electron chi connectivity index (χ1n) is 3.39. The van der Waals surface area contributed by atoms with E-state index in [2.05, 4.69) is 5.43 Å². The van der Waals surface area contributed by atoms with E-state index in [0.717, 1.165) is 17.0 Å². The molecular weight excluding hydrogens is 176 g/mol. The molecule has 0 saturated carbocycles. The van der Waals surface area contributed by atoms with Crippen molar-refractivity contribution in [1.82, 2.24) is 0 Å². The van der Waals surface area contributed by atoms with Gasteiger partial charge in [0, 0.05) is 6.07 Å². The molecule has 0 atom stereocenters. The highest BCUT2D eigenvalue weighted by atomic mass is 35.5. The fourth-order valence-corrected chi connectivity index (χ4v) is 0.910. The topological polar surface area (TPSA) is 47.3 Å². The molecule has 3 N–H and O–H groups in total. The van der Waals surface area contributed by atoms with Gasteiger partial charge in [0.15, 0.2) is 0 Å². The number of halogens is 1. The third kappa shape index (κ3) is 2.29. The highest BCUT2D eigenvalue weighted by Crippen LogP contribution is 2.20. The zero-order valence-electron chi connectivity index (χ0n) is 7.13. The summed E-state index contributed by atoms with van der Waals surface area (Å²) in [5.74, 6) is 6.07. The van der Waals surface area contributed by atoms with E-state index < -0.39 is 0 Å². The molecular formula is C8H13ClN2O. The summed E-state index contributed by atoms with van der Waals surface area (Å²) in [7, 11) is 1.64. The average Bonchev–Trinajstić information content (AvgIpc) is 2.05. The summed E-state index contributed by atoms with van der Waals surface area (Å²) in [6.45, 7) is 1.99. The minimum atomic E-state index is 0. The molecule has 0 aromatic heterocycles. The van der Waals surface area contributed by atoms with Crippen LogP contribution in [0, 0.1) is 6.92 Å². The molecule has 0 heterocycles. The Balaban J connectivity index is 0.00000121. The quantitative estimate of drug-likeness (QED) is 0.549. The maximum atomic E-state index is 5.22. The van der Waals surface area contributed by atoms with Crippen LogP contribution in [0.1, 0.15) is 5.56 Å². The fourth-order valence-electron chi connectivity index (χ4n) is 0.910. The average molecular weight is 189 g/mol. The maximum Gasteiger partial charge on any atom is 0.123 e. The number of rotatable bonds is 2. The first kappa shape index (κ1) is 11.1. The van der Waals surface area contributed by atoms with Gasteiger partial charge >= 0.3 is 0 Å². The van der Waals surface area contributed by atoms with Crippen molar-refractivity contribution in [2.45, 2.75) is 6.92 Å². The molecule has 3 nitrogen and oxygen atoms in total. The van der Waals surface area contributed by atoms with Gasteiger partial charge in [-0.15, -0.1) is 12.4 Å². The summed E-state index contributed by atoms with van der Waals surface area (Å²) in [6.07, 6.45) is 0. The molecule has 4 heteroatoms. The van der Waals surface area contributed by atoms with Gasteiger partial charge in [0.05, 0.1) is 12.8 Å². The number of aryl methyl sites for hydroxylation is 1. The minimum Gasteiger partial charge on any atom is -0.496 e. The molecule has 0 saturated heterocycles. The number of anilines is 1. The molecule has 0 aliphatic rings. The van der Waals surface area contributed by atoms with Crippen LogP contribution in [0.25, 0.3) is 0 Å². The molecule has 68 valence electrons. The zero-order valence-corrected chi connectivity index (χ0v) is 7.94. The van der Waals surface area contributed by atoms with E-state index in [-0.39, 0.29) is 12.4 Å². The highest BCUT2D eigenvalue weighted by Gasteiger charge is 1.97. The van der Waals surface area contributed by atoms with Crippen molar-refractivity contribution in [2.75, 3.05) is 12.5 Å². The van der Waals surface area contributed by atoms with E-state index in [1.165, 1.54) is 0 Å². The summed E-state index contributed by atoms with van der Waals surface area (Å²) in [5.41, 5.74) is 4.51. The van der Waals surface area contributed by atoms with Crippen LogP contribution in [-0.4, -0.2) is 7.11 Å². The predicted molar refractivity (Wildman–Crippen MR) is 52.8 cm³/mol. The number of nitrogen functional groups attached to an aromatic ring is 1. The third-order valence-corrected chi connectivity index (χ3v) is 1.57. The van der Waals surface area contributed by atoms with E-state index in [1.54, 1.807) is 7.11 Å². The molecule has 0 aliphatic heterocycles. The number of benzene rings is 1. The van der Waals surface area contributed by atoms with Crippen LogP contribution in [0.2, 0.25) is 0 Å². The Hall–Kier alpha value is -0.930. The third-order valence-electron chi connectivity index (χ3n) is 1.57. The monoisotopic (exact) mass is 188 g/mol. The first-order chi connectivity index (χ1) is 5.27. The molecule has 1 rings (SSSR count). The van der Waals surface area contributed by atoms with Crippen molar-refractivity contribution in [1.29, 1.82) is 0 Å². The molecule has 0 unspecified atom stereocenters. The summed E-state index contributed by atoms with van der Waals surface area (Å²) in [4.78, 5) is 0. The van der Waals surface area contributed by atoms with Crippen LogP contribution in [0.5, 0.6) is 5.75 Å². The molecule has 0 amide bonds. The second-order valence-electron chi connectivity index (χ2n) is 2.33. The lowest BCUT2D eigenvalue weighted by atomic mass is 10.2. The van der Waals surface area contributed by atoms with Crippen molar-refractivity contribution in [3.05, 3.63) is 23.8 Å². The molecule has 12 heavy (non-hydrogen) atoms. The standard InChI is InChI=1S/C8H12N2O.ClH/c1-6-3-4-7(10-9)5-8(6)11-2;/h3-5,10H,9H2,1-2H3;1H. The second kappa shape index (κ2) is 4.85. The lowest BCUT2D eigenvalue weighted by molar-refractivity contribution is 0.412. The lowest BCUT2D eigenvalue weighted by Crippen LogP contribution is -2.06. The number of ether oxygens (including phenoxy) is 1. The van der Waals surface area contributed by atoms with Gasteiger partial charge in [-0.2, -0.15) is 0 Å². The van der Waals surface area contributed by atoms with Crippen molar-refractivity contribution >= 4 is 18.1 Å². The number of nitrogens with two attached hydrogens (primary N) is 1. The van der Waals surface area contributed by atoms with Crippen molar-refractivity contribution in [2.24, 2.45) is 5.84 Å². The number of hydrazine groups is 1. The SMILES string of the molecule is COc1cc(NN)ccc1C.Cl.